The summed E-state index contributed by atoms with van der Waals surface area (Å²) in [6.45, 7) is 4.66. The molecule has 21 heavy (non-hydrogen) atoms. The fourth-order valence-corrected chi connectivity index (χ4v) is 3.11. The van der Waals surface area contributed by atoms with Crippen LogP contribution in [0.15, 0.2) is 22.7 Å². The van der Waals surface area contributed by atoms with Crippen LogP contribution in [-0.2, 0) is 6.54 Å². The molecule has 1 aromatic carbocycles. The summed E-state index contributed by atoms with van der Waals surface area (Å²) in [5.41, 5.74) is 2.15. The summed E-state index contributed by atoms with van der Waals surface area (Å²) < 4.78 is 39.0. The highest BCUT2D eigenvalue weighted by atomic mass is 79.9. The number of nitrogens with zero attached hydrogens (tertiary/aromatic N) is 1. The van der Waals surface area contributed by atoms with Crippen molar-refractivity contribution < 1.29 is 13.2 Å². The van der Waals surface area contributed by atoms with Gasteiger partial charge in [-0.1, -0.05) is 28.9 Å². The van der Waals surface area contributed by atoms with Crippen molar-refractivity contribution in [3.63, 3.8) is 0 Å². The molecule has 0 aliphatic carbocycles. The largest absolute Gasteiger partial charge is 0.391 e. The maximum absolute atomic E-state index is 12.7. The van der Waals surface area contributed by atoms with Gasteiger partial charge in [0.1, 0.15) is 0 Å². The van der Waals surface area contributed by atoms with Gasteiger partial charge in [0.05, 0.1) is 5.92 Å². The van der Waals surface area contributed by atoms with E-state index in [0.717, 1.165) is 28.8 Å². The SMILES string of the molecule is CCNCc1ccc(N2CCC(C(F)(F)F)CC2)cc1Br. The molecule has 6 heteroatoms. The fourth-order valence-electron chi connectivity index (χ4n) is 2.60. The Bertz CT molecular complexity index is 468. The lowest BCUT2D eigenvalue weighted by molar-refractivity contribution is -0.179. The van der Waals surface area contributed by atoms with Crippen molar-refractivity contribution in [1.29, 1.82) is 0 Å². The second-order valence-corrected chi connectivity index (χ2v) is 6.21. The van der Waals surface area contributed by atoms with Gasteiger partial charge in [-0.15, -0.1) is 0 Å². The molecule has 118 valence electrons. The fraction of sp³-hybridized carbons (Fsp3) is 0.600. The molecule has 1 aromatic rings. The Balaban J connectivity index is 1.99. The molecule has 0 bridgehead atoms. The molecule has 1 aliphatic heterocycles. The second-order valence-electron chi connectivity index (χ2n) is 5.36. The Kier molecular flexibility index (Phi) is 5.54. The third-order valence-corrected chi connectivity index (χ3v) is 4.66. The summed E-state index contributed by atoms with van der Waals surface area (Å²) in [6.07, 6.45) is -3.69. The maximum Gasteiger partial charge on any atom is 0.391 e. The van der Waals surface area contributed by atoms with Crippen molar-refractivity contribution in [3.05, 3.63) is 28.2 Å². The van der Waals surface area contributed by atoms with Crippen LogP contribution in [0.4, 0.5) is 18.9 Å². The van der Waals surface area contributed by atoms with Gasteiger partial charge >= 0.3 is 6.18 Å². The van der Waals surface area contributed by atoms with Gasteiger partial charge in [0.25, 0.3) is 0 Å². The minimum absolute atomic E-state index is 0.181. The van der Waals surface area contributed by atoms with Gasteiger partial charge in [0.2, 0.25) is 0 Å². The molecule has 1 aliphatic rings. The van der Waals surface area contributed by atoms with E-state index in [4.69, 9.17) is 0 Å². The average molecular weight is 365 g/mol. The Morgan fingerprint density at radius 2 is 1.95 bits per heavy atom. The lowest BCUT2D eigenvalue weighted by Crippen LogP contribution is -2.39. The van der Waals surface area contributed by atoms with Crippen LogP contribution in [-0.4, -0.2) is 25.8 Å². The Hall–Kier alpha value is -0.750. The standard InChI is InChI=1S/C15H20BrF3N2/c1-2-20-10-11-3-4-13(9-14(11)16)21-7-5-12(6-8-21)15(17,18)19/h3-4,9,12,20H,2,5-8,10H2,1H3. The molecule has 0 aromatic heterocycles. The predicted molar refractivity (Wildman–Crippen MR) is 82.5 cm³/mol. The lowest BCUT2D eigenvalue weighted by Gasteiger charge is -2.34. The number of piperidine rings is 1. The normalized spacial score (nSPS) is 17.3. The molecule has 1 saturated heterocycles. The van der Waals surface area contributed by atoms with Crippen molar-refractivity contribution in [2.75, 3.05) is 24.5 Å². The first-order valence-electron chi connectivity index (χ1n) is 7.22. The van der Waals surface area contributed by atoms with Gasteiger partial charge in [-0.25, -0.2) is 0 Å². The van der Waals surface area contributed by atoms with Crippen molar-refractivity contribution in [3.8, 4) is 0 Å². The summed E-state index contributed by atoms with van der Waals surface area (Å²) in [6, 6.07) is 6.02. The molecule has 1 N–H and O–H groups in total. The zero-order valence-electron chi connectivity index (χ0n) is 12.0. The molecular formula is C15H20BrF3N2. The van der Waals surface area contributed by atoms with Crippen LogP contribution >= 0.6 is 15.9 Å². The van der Waals surface area contributed by atoms with Crippen molar-refractivity contribution >= 4 is 21.6 Å². The van der Waals surface area contributed by atoms with Crippen LogP contribution in [0.2, 0.25) is 0 Å². The third kappa shape index (κ3) is 4.36. The van der Waals surface area contributed by atoms with Crippen LogP contribution in [0.5, 0.6) is 0 Å². The summed E-state index contributed by atoms with van der Waals surface area (Å²) in [4.78, 5) is 2.03. The van der Waals surface area contributed by atoms with E-state index in [1.165, 1.54) is 0 Å². The number of halogens is 4. The monoisotopic (exact) mass is 364 g/mol. The number of rotatable bonds is 4. The van der Waals surface area contributed by atoms with E-state index in [-0.39, 0.29) is 12.8 Å². The lowest BCUT2D eigenvalue weighted by atomic mass is 9.96. The number of nitrogens with one attached hydrogen (secondary N) is 1. The van der Waals surface area contributed by atoms with Crippen molar-refractivity contribution in [2.24, 2.45) is 5.92 Å². The van der Waals surface area contributed by atoms with E-state index in [0.29, 0.717) is 13.1 Å². The van der Waals surface area contributed by atoms with Gasteiger partial charge in [-0.2, -0.15) is 13.2 Å². The second kappa shape index (κ2) is 7.01. The Labute approximate surface area is 131 Å². The number of anilines is 1. The first kappa shape index (κ1) is 16.6. The Morgan fingerprint density at radius 3 is 2.48 bits per heavy atom. The quantitative estimate of drug-likeness (QED) is 0.854. The zero-order valence-corrected chi connectivity index (χ0v) is 13.6. The summed E-state index contributed by atoms with van der Waals surface area (Å²) in [5, 5.41) is 3.26. The number of alkyl halides is 3. The highest BCUT2D eigenvalue weighted by molar-refractivity contribution is 9.10. The molecule has 1 fully saturated rings. The first-order valence-corrected chi connectivity index (χ1v) is 8.02. The van der Waals surface area contributed by atoms with Gasteiger partial charge in [0, 0.05) is 29.8 Å². The molecule has 2 rings (SSSR count). The van der Waals surface area contributed by atoms with Gasteiger partial charge in [-0.3, -0.25) is 0 Å². The molecule has 0 atom stereocenters. The molecular weight excluding hydrogens is 345 g/mol. The number of hydrogen-bond acceptors (Lipinski definition) is 2. The van der Waals surface area contributed by atoms with Crippen molar-refractivity contribution in [2.45, 2.75) is 32.5 Å². The van der Waals surface area contributed by atoms with Gasteiger partial charge < -0.3 is 10.2 Å². The van der Waals surface area contributed by atoms with Crippen LogP contribution in [0, 0.1) is 5.92 Å². The van der Waals surface area contributed by atoms with E-state index >= 15 is 0 Å². The summed E-state index contributed by atoms with van der Waals surface area (Å²) in [7, 11) is 0. The zero-order chi connectivity index (χ0) is 15.5. The minimum atomic E-state index is -4.05. The molecule has 2 nitrogen and oxygen atoms in total. The van der Waals surface area contributed by atoms with Crippen LogP contribution in [0.25, 0.3) is 0 Å². The predicted octanol–water partition coefficient (Wildman–Crippen LogP) is 4.34. The van der Waals surface area contributed by atoms with Gasteiger partial charge in [-0.05, 0) is 37.1 Å². The van der Waals surface area contributed by atoms with E-state index in [9.17, 15) is 13.2 Å². The smallest absolute Gasteiger partial charge is 0.371 e. The summed E-state index contributed by atoms with van der Waals surface area (Å²) in [5.74, 6) is -1.15. The number of benzene rings is 1. The van der Waals surface area contributed by atoms with Crippen molar-refractivity contribution in [1.82, 2.24) is 5.32 Å². The van der Waals surface area contributed by atoms with E-state index in [1.807, 2.05) is 30.0 Å². The highest BCUT2D eigenvalue weighted by Gasteiger charge is 2.41. The van der Waals surface area contributed by atoms with Gasteiger partial charge in [0.15, 0.2) is 0 Å². The topological polar surface area (TPSA) is 15.3 Å². The van der Waals surface area contributed by atoms with E-state index < -0.39 is 12.1 Å². The summed E-state index contributed by atoms with van der Waals surface area (Å²) >= 11 is 3.54. The number of hydrogen-bond donors (Lipinski definition) is 1. The molecule has 1 heterocycles. The molecule has 0 radical (unpaired) electrons. The maximum atomic E-state index is 12.7. The Morgan fingerprint density at radius 1 is 1.29 bits per heavy atom. The van der Waals surface area contributed by atoms with E-state index in [1.54, 1.807) is 0 Å². The molecule has 0 spiro atoms. The molecule has 0 unspecified atom stereocenters. The van der Waals surface area contributed by atoms with Crippen LogP contribution in [0.3, 0.4) is 0 Å². The third-order valence-electron chi connectivity index (χ3n) is 3.93. The van der Waals surface area contributed by atoms with Crippen LogP contribution < -0.4 is 10.2 Å². The van der Waals surface area contributed by atoms with Crippen LogP contribution in [0.1, 0.15) is 25.3 Å². The van der Waals surface area contributed by atoms with E-state index in [2.05, 4.69) is 21.2 Å². The molecule has 0 saturated carbocycles. The average Bonchev–Trinajstić information content (AvgIpc) is 2.45. The minimum Gasteiger partial charge on any atom is -0.371 e. The first-order chi connectivity index (χ1) is 9.91. The molecule has 0 amide bonds. The highest BCUT2D eigenvalue weighted by Crippen LogP contribution is 2.36.